The number of hydrogen-bond donors (Lipinski definition) is 12. The molecule has 420 valence electrons. The first-order chi connectivity index (χ1) is 33.3. The molecule has 3 rings (SSSR count). The van der Waals surface area contributed by atoms with Gasteiger partial charge in [0.05, 0.1) is 6.61 Å². The van der Waals surface area contributed by atoms with Crippen molar-refractivity contribution in [1.82, 2.24) is 21.3 Å². The molecule has 0 aliphatic rings. The van der Waals surface area contributed by atoms with Gasteiger partial charge in [0.25, 0.3) is 0 Å². The van der Waals surface area contributed by atoms with Crippen LogP contribution in [-0.2, 0) is 43.2 Å². The number of nitrogens with one attached hydrogen (secondary N) is 4. The van der Waals surface area contributed by atoms with Crippen molar-refractivity contribution in [3.63, 3.8) is 0 Å². The summed E-state index contributed by atoms with van der Waals surface area (Å²) in [6.07, 6.45) is 1.88. The van der Waals surface area contributed by atoms with Gasteiger partial charge in [-0.1, -0.05) is 159 Å². The number of carbonyl (C=O) groups excluding carboxylic acids is 2. The van der Waals surface area contributed by atoms with Gasteiger partial charge in [0.15, 0.2) is 0 Å². The summed E-state index contributed by atoms with van der Waals surface area (Å²) in [6.45, 7) is 20.2. The molecule has 0 radical (unpaired) electrons. The van der Waals surface area contributed by atoms with E-state index in [4.69, 9.17) is 47.0 Å². The van der Waals surface area contributed by atoms with Crippen LogP contribution >= 0.6 is 47.8 Å². The summed E-state index contributed by atoms with van der Waals surface area (Å²) in [5.41, 5.74) is 26.4. The summed E-state index contributed by atoms with van der Waals surface area (Å²) in [7, 11) is 7.71. The number of aryl methyl sites for hydroxylation is 2. The summed E-state index contributed by atoms with van der Waals surface area (Å²) >= 11 is 8.81. The van der Waals surface area contributed by atoms with E-state index in [2.05, 4.69) is 102 Å². The number of alkyl halides is 3. The van der Waals surface area contributed by atoms with E-state index in [1.807, 2.05) is 108 Å². The zero-order valence-corrected chi connectivity index (χ0v) is 50.0. The third kappa shape index (κ3) is 69.1. The van der Waals surface area contributed by atoms with E-state index in [1.54, 1.807) is 19.1 Å². The Bertz CT molecular complexity index is 1500. The van der Waals surface area contributed by atoms with E-state index in [0.29, 0.717) is 24.9 Å². The third-order valence-corrected chi connectivity index (χ3v) is 7.52. The van der Waals surface area contributed by atoms with Crippen molar-refractivity contribution >= 4 is 84.6 Å². The molecule has 0 unspecified atom stereocenters. The number of hydrogen-bond acceptors (Lipinski definition) is 15. The lowest BCUT2D eigenvalue weighted by Crippen LogP contribution is -2.34. The molecule has 0 saturated carbocycles. The lowest BCUT2D eigenvalue weighted by molar-refractivity contribution is -0.144. The summed E-state index contributed by atoms with van der Waals surface area (Å²) in [4.78, 5) is 41.0. The summed E-state index contributed by atoms with van der Waals surface area (Å²) < 4.78 is 4.84. The van der Waals surface area contributed by atoms with Gasteiger partial charge in [0.2, 0.25) is 0 Å². The minimum atomic E-state index is -1.51. The van der Waals surface area contributed by atoms with Gasteiger partial charge >= 0.3 is 25.0 Å². The van der Waals surface area contributed by atoms with Crippen molar-refractivity contribution < 1.29 is 51.3 Å². The monoisotopic (exact) mass is 1200 g/mol. The first kappa shape index (κ1) is 86.6. The maximum atomic E-state index is 11.3. The summed E-state index contributed by atoms with van der Waals surface area (Å²) in [5, 5.41) is 46.5. The quantitative estimate of drug-likeness (QED) is 0.0379. The van der Waals surface area contributed by atoms with Gasteiger partial charge in [-0.25, -0.2) is 0 Å². The molecule has 0 saturated heterocycles. The first-order valence-corrected chi connectivity index (χ1v) is 27.2. The van der Waals surface area contributed by atoms with Crippen molar-refractivity contribution in [2.75, 3.05) is 85.5 Å². The smallest absolute Gasteiger partial charge is 0.480 e. The lowest BCUT2D eigenvalue weighted by Gasteiger charge is -2.10. The Morgan fingerprint density at radius 1 is 0.571 bits per heavy atom. The number of carbonyl (C=O) groups is 4. The van der Waals surface area contributed by atoms with Crippen LogP contribution in [0.5, 0.6) is 0 Å². The number of nitrogens with two attached hydrogens (primary N) is 4. The maximum absolute atomic E-state index is 11.3. The van der Waals surface area contributed by atoms with Gasteiger partial charge < -0.3 is 74.0 Å². The largest absolute Gasteiger partial charge is 0.488 e. The van der Waals surface area contributed by atoms with Gasteiger partial charge in [0, 0.05) is 7.13 Å². The SMILES string of the molecule is CBr.CBr.CBr.CC=O.CCNC.CCNC.CCNC.CCNC.CCOC(=O)[C@@H](N)Cc1ccc(C)cc1.CN.Cc1ccc(C[C@H](N)C(=O)O)cc1.N[C@@H](Cc1ccc(B(O)O)cc1)C(=O)O.[2HH].[2HH].[2HH].[2HH].[2HH]. The molecule has 0 aromatic heterocycles. The number of carboxylic acid groups (broad SMARTS) is 2. The van der Waals surface area contributed by atoms with Gasteiger partial charge in [0.1, 0.15) is 24.4 Å². The normalized spacial score (nSPS) is 9.79. The van der Waals surface area contributed by atoms with Crippen LogP contribution in [0.15, 0.2) is 72.8 Å². The fourth-order valence-electron chi connectivity index (χ4n) is 3.54. The number of aldehydes is 1. The van der Waals surface area contributed by atoms with Gasteiger partial charge in [-0.15, -0.1) is 0 Å². The number of benzene rings is 3. The molecule has 3 atom stereocenters. The third-order valence-electron chi connectivity index (χ3n) is 7.52. The second-order valence-corrected chi connectivity index (χ2v) is 13.0. The highest BCUT2D eigenvalue weighted by molar-refractivity contribution is 9.09. The van der Waals surface area contributed by atoms with E-state index in [0.717, 1.165) is 54.7 Å². The van der Waals surface area contributed by atoms with Crippen LogP contribution in [0.2, 0.25) is 0 Å². The van der Waals surface area contributed by atoms with Crippen LogP contribution in [0.25, 0.3) is 0 Å². The maximum Gasteiger partial charge on any atom is 0.488 e. The van der Waals surface area contributed by atoms with Gasteiger partial charge in [-0.2, -0.15) is 0 Å². The number of rotatable bonds is 15. The Morgan fingerprint density at radius 3 is 0.971 bits per heavy atom. The van der Waals surface area contributed by atoms with Crippen molar-refractivity contribution in [3.8, 4) is 0 Å². The Morgan fingerprint density at radius 2 is 0.786 bits per heavy atom. The molecule has 3 aromatic carbocycles. The molecule has 17 nitrogen and oxygen atoms in total. The first-order valence-electron chi connectivity index (χ1n) is 22.4. The molecular formula is C49H106BBr3N8O9. The Hall–Kier alpha value is -3.16. The average Bonchev–Trinajstić information content (AvgIpc) is 3.38. The van der Waals surface area contributed by atoms with Gasteiger partial charge in [-0.3, -0.25) is 14.4 Å². The van der Waals surface area contributed by atoms with Gasteiger partial charge in [-0.05, 0) is 148 Å². The minimum Gasteiger partial charge on any atom is -0.480 e. The highest BCUT2D eigenvalue weighted by Crippen LogP contribution is 2.07. The van der Waals surface area contributed by atoms with Crippen LogP contribution in [0.1, 0.15) is 76.5 Å². The number of ether oxygens (including phenoxy) is 1. The second-order valence-electron chi connectivity index (χ2n) is 13.0. The van der Waals surface area contributed by atoms with Crippen LogP contribution in [0.4, 0.5) is 0 Å². The lowest BCUT2D eigenvalue weighted by atomic mass is 9.80. The Labute approximate surface area is 456 Å². The molecule has 0 aliphatic carbocycles. The molecule has 0 fully saturated rings. The van der Waals surface area contributed by atoms with Crippen molar-refractivity contribution in [2.45, 2.75) is 92.8 Å². The zero-order chi connectivity index (χ0) is 56.9. The predicted octanol–water partition coefficient (Wildman–Crippen LogP) is 5.64. The molecule has 16 N–H and O–H groups in total. The number of carboxylic acids is 2. The highest BCUT2D eigenvalue weighted by Gasteiger charge is 2.15. The summed E-state index contributed by atoms with van der Waals surface area (Å²) in [6, 6.07) is 19.7. The van der Waals surface area contributed by atoms with Crippen LogP contribution in [-0.4, -0.2) is 155 Å². The number of halogens is 3. The molecule has 0 heterocycles. The number of esters is 1. The number of aliphatic carboxylic acids is 2. The van der Waals surface area contributed by atoms with Crippen molar-refractivity contribution in [3.05, 3.63) is 101 Å². The van der Waals surface area contributed by atoms with Crippen LogP contribution in [0.3, 0.4) is 0 Å². The second kappa shape index (κ2) is 72.4. The Kier molecular flexibility index (Phi) is 89.6. The molecule has 0 aliphatic heterocycles. The molecule has 21 heteroatoms. The van der Waals surface area contributed by atoms with E-state index >= 15 is 0 Å². The topological polar surface area (TPSA) is 311 Å². The van der Waals surface area contributed by atoms with Crippen molar-refractivity contribution in [1.29, 1.82) is 0 Å². The fraction of sp³-hybridized carbons (Fsp3) is 0.551. The molecule has 70 heavy (non-hydrogen) atoms. The van der Waals surface area contributed by atoms with E-state index in [9.17, 15) is 14.4 Å². The molecule has 0 amide bonds. The molecule has 0 spiro atoms. The van der Waals surface area contributed by atoms with E-state index in [-0.39, 0.29) is 19.5 Å². The van der Waals surface area contributed by atoms with E-state index in [1.165, 1.54) is 31.7 Å². The standard InChI is InChI=1S/C12H17NO2.C10H13NO2.C9H12BNO4.4C3H9N.C2H4O.3CH3Br.CH5N.5H2/c1-3-15-12(14)11(13)8-10-6-4-9(2)5-7-10;1-7-2-4-8(5-3-7)6-9(11)10(12)13;11-8(9(12)13)5-6-1-3-7(4-2-6)10(14)15;4*1-3-4-2;1-2-3;4*1-2;;;;;/h4-7,11H,3,8,13H2,1-2H3;2-5,9H,6,11H2,1H3,(H,12,13);1-4,8,14-15H,5,11H2,(H,12,13);4*4H,3H2,1-2H3;2H,1H3;3*1H3;2H2,1H3;5*1H/t11-;9-;8-;;;;;;;;;;;;;;/m000............../s1/i;;;;;;;;;;;;5*1+1. The predicted molar refractivity (Wildman–Crippen MR) is 321 cm³/mol. The van der Waals surface area contributed by atoms with Crippen molar-refractivity contribution in [2.24, 2.45) is 22.9 Å². The average molecular weight is 1210 g/mol. The van der Waals surface area contributed by atoms with E-state index < -0.39 is 37.2 Å². The van der Waals surface area contributed by atoms with Crippen LogP contribution < -0.4 is 49.7 Å². The molecule has 3 aromatic rings. The minimum absolute atomic E-state index is 0. The fourth-order valence-corrected chi connectivity index (χ4v) is 3.54. The highest BCUT2D eigenvalue weighted by atomic mass is 79.9. The molecule has 0 bridgehead atoms. The van der Waals surface area contributed by atoms with Crippen LogP contribution in [0, 0.1) is 13.8 Å². The zero-order valence-electron chi connectivity index (χ0n) is 45.2. The Balaban J connectivity index is -0.0000000489. The molecular weight excluding hydrogens is 1100 g/mol. The summed E-state index contributed by atoms with van der Waals surface area (Å²) in [5.74, 6) is 3.09.